The maximum Gasteiger partial charge on any atom is 0.329 e. The van der Waals surface area contributed by atoms with Gasteiger partial charge in [-0.2, -0.15) is 5.10 Å². The molecule has 0 saturated carbocycles. The van der Waals surface area contributed by atoms with Crippen molar-refractivity contribution in [2.45, 2.75) is 20.8 Å². The number of carbonyl (C=O) groups excluding carboxylic acids is 2. The molecular formula is C20H23ClN4O2. The van der Waals surface area contributed by atoms with Crippen molar-refractivity contribution in [3.63, 3.8) is 0 Å². The van der Waals surface area contributed by atoms with Crippen molar-refractivity contribution in [2.75, 3.05) is 23.3 Å². The number of carbonyl (C=O) groups is 2. The molecule has 2 aromatic rings. The number of anilines is 2. The van der Waals surface area contributed by atoms with Crippen molar-refractivity contribution < 1.29 is 9.59 Å². The topological polar surface area (TPSA) is 73.8 Å². The second kappa shape index (κ2) is 9.73. The highest BCUT2D eigenvalue weighted by Crippen LogP contribution is 2.22. The Balaban J connectivity index is 1.92. The third-order valence-electron chi connectivity index (χ3n) is 4.12. The minimum atomic E-state index is -0.856. The summed E-state index contributed by atoms with van der Waals surface area (Å²) in [5, 5.41) is 6.86. The number of rotatable bonds is 6. The Kier molecular flexibility index (Phi) is 7.37. The fraction of sp³-hybridized carbons (Fsp3) is 0.250. The number of hydrogen-bond acceptors (Lipinski definition) is 4. The molecule has 0 bridgehead atoms. The molecule has 0 heterocycles. The Labute approximate surface area is 164 Å². The van der Waals surface area contributed by atoms with Gasteiger partial charge < -0.3 is 10.2 Å². The number of halogens is 1. The number of amides is 2. The Bertz CT molecular complexity index is 830. The van der Waals surface area contributed by atoms with E-state index in [9.17, 15) is 9.59 Å². The van der Waals surface area contributed by atoms with Crippen LogP contribution in [0.15, 0.2) is 47.6 Å². The van der Waals surface area contributed by atoms with Crippen LogP contribution < -0.4 is 15.6 Å². The molecule has 0 aliphatic rings. The van der Waals surface area contributed by atoms with Crippen molar-refractivity contribution in [1.29, 1.82) is 0 Å². The Morgan fingerprint density at radius 3 is 2.37 bits per heavy atom. The van der Waals surface area contributed by atoms with Gasteiger partial charge in [-0.15, -0.1) is 0 Å². The lowest BCUT2D eigenvalue weighted by atomic mass is 10.2. The summed E-state index contributed by atoms with van der Waals surface area (Å²) in [7, 11) is 0. The zero-order valence-corrected chi connectivity index (χ0v) is 16.4. The van der Waals surface area contributed by atoms with E-state index in [0.29, 0.717) is 16.3 Å². The standard InChI is InChI=1S/C20H23ClN4O2/c1-4-25(5-2)16-11-9-15(10-12-16)13-22-24-20(27)19(26)23-18-8-6-7-17(21)14(18)3/h6-13H,4-5H2,1-3H3,(H,23,26)(H,24,27)/b22-13+. The van der Waals surface area contributed by atoms with Crippen LogP contribution in [0.1, 0.15) is 25.0 Å². The summed E-state index contributed by atoms with van der Waals surface area (Å²) >= 11 is 6.00. The van der Waals surface area contributed by atoms with Crippen molar-refractivity contribution in [2.24, 2.45) is 5.10 Å². The summed E-state index contributed by atoms with van der Waals surface area (Å²) in [5.74, 6) is -1.67. The molecule has 0 aliphatic heterocycles. The first-order valence-corrected chi connectivity index (χ1v) is 9.08. The summed E-state index contributed by atoms with van der Waals surface area (Å²) < 4.78 is 0. The highest BCUT2D eigenvalue weighted by Gasteiger charge is 2.14. The Morgan fingerprint density at radius 1 is 1.07 bits per heavy atom. The molecule has 0 aliphatic carbocycles. The van der Waals surface area contributed by atoms with Crippen LogP contribution in [0, 0.1) is 6.92 Å². The van der Waals surface area contributed by atoms with E-state index in [4.69, 9.17) is 11.6 Å². The summed E-state index contributed by atoms with van der Waals surface area (Å²) in [5.41, 5.74) is 5.34. The van der Waals surface area contributed by atoms with E-state index >= 15 is 0 Å². The zero-order chi connectivity index (χ0) is 19.8. The lowest BCUT2D eigenvalue weighted by Crippen LogP contribution is -2.32. The monoisotopic (exact) mass is 386 g/mol. The highest BCUT2D eigenvalue weighted by atomic mass is 35.5. The number of benzene rings is 2. The zero-order valence-electron chi connectivity index (χ0n) is 15.6. The van der Waals surface area contributed by atoms with E-state index in [0.717, 1.165) is 24.3 Å². The summed E-state index contributed by atoms with van der Waals surface area (Å²) in [6, 6.07) is 12.9. The van der Waals surface area contributed by atoms with E-state index < -0.39 is 11.8 Å². The molecule has 2 rings (SSSR count). The summed E-state index contributed by atoms with van der Waals surface area (Å²) in [6.45, 7) is 7.83. The number of nitrogens with zero attached hydrogens (tertiary/aromatic N) is 2. The molecule has 6 nitrogen and oxygen atoms in total. The Hall–Kier alpha value is -2.86. The molecule has 0 unspecified atom stereocenters. The molecule has 0 saturated heterocycles. The van der Waals surface area contributed by atoms with Crippen molar-refractivity contribution in [1.82, 2.24) is 5.43 Å². The molecule has 0 fully saturated rings. The van der Waals surface area contributed by atoms with Gasteiger partial charge in [-0.3, -0.25) is 9.59 Å². The molecule has 0 spiro atoms. The van der Waals surface area contributed by atoms with Gasteiger partial charge in [0.25, 0.3) is 0 Å². The smallest absolute Gasteiger partial charge is 0.329 e. The predicted octanol–water partition coefficient (Wildman–Crippen LogP) is 3.58. The van der Waals surface area contributed by atoms with Gasteiger partial charge in [0.1, 0.15) is 0 Å². The van der Waals surface area contributed by atoms with Gasteiger partial charge in [0, 0.05) is 29.5 Å². The molecule has 27 heavy (non-hydrogen) atoms. The van der Waals surface area contributed by atoms with Crippen LogP contribution in [0.5, 0.6) is 0 Å². The lowest BCUT2D eigenvalue weighted by Gasteiger charge is -2.20. The van der Waals surface area contributed by atoms with Crippen molar-refractivity contribution in [3.05, 3.63) is 58.6 Å². The maximum absolute atomic E-state index is 12.0. The minimum absolute atomic E-state index is 0.485. The van der Waals surface area contributed by atoms with Gasteiger partial charge in [0.15, 0.2) is 0 Å². The number of nitrogens with one attached hydrogen (secondary N) is 2. The van der Waals surface area contributed by atoms with Crippen LogP contribution in [0.2, 0.25) is 5.02 Å². The Morgan fingerprint density at radius 2 is 1.74 bits per heavy atom. The number of hydrogen-bond donors (Lipinski definition) is 2. The van der Waals surface area contributed by atoms with Crippen LogP contribution in [-0.4, -0.2) is 31.1 Å². The van der Waals surface area contributed by atoms with Crippen LogP contribution in [0.25, 0.3) is 0 Å². The lowest BCUT2D eigenvalue weighted by molar-refractivity contribution is -0.136. The van der Waals surface area contributed by atoms with Crippen molar-refractivity contribution in [3.8, 4) is 0 Å². The predicted molar refractivity (Wildman–Crippen MR) is 111 cm³/mol. The first kappa shape index (κ1) is 20.5. The SMILES string of the molecule is CCN(CC)c1ccc(/C=N/NC(=O)C(=O)Nc2cccc(Cl)c2C)cc1. The first-order valence-electron chi connectivity index (χ1n) is 8.70. The van der Waals surface area contributed by atoms with Gasteiger partial charge in [-0.25, -0.2) is 5.43 Å². The van der Waals surface area contributed by atoms with Gasteiger partial charge in [0.2, 0.25) is 0 Å². The van der Waals surface area contributed by atoms with E-state index in [1.165, 1.54) is 6.21 Å². The first-order chi connectivity index (χ1) is 13.0. The molecule has 142 valence electrons. The van der Waals surface area contributed by atoms with E-state index in [-0.39, 0.29) is 0 Å². The molecule has 7 heteroatoms. The van der Waals surface area contributed by atoms with Gasteiger partial charge in [-0.05, 0) is 56.2 Å². The third-order valence-corrected chi connectivity index (χ3v) is 4.53. The summed E-state index contributed by atoms with van der Waals surface area (Å²) in [4.78, 5) is 26.1. The van der Waals surface area contributed by atoms with Crippen LogP contribution in [-0.2, 0) is 9.59 Å². The third kappa shape index (κ3) is 5.56. The highest BCUT2D eigenvalue weighted by molar-refractivity contribution is 6.40. The van der Waals surface area contributed by atoms with Gasteiger partial charge in [0.05, 0.1) is 6.21 Å². The van der Waals surface area contributed by atoms with Crippen molar-refractivity contribution >= 4 is 41.0 Å². The quantitative estimate of drug-likeness (QED) is 0.452. The van der Waals surface area contributed by atoms with Crippen LogP contribution in [0.3, 0.4) is 0 Å². The second-order valence-corrected chi connectivity index (χ2v) is 6.24. The molecular weight excluding hydrogens is 364 g/mol. The van der Waals surface area contributed by atoms with Crippen LogP contribution >= 0.6 is 11.6 Å². The summed E-state index contributed by atoms with van der Waals surface area (Å²) in [6.07, 6.45) is 1.49. The number of hydrazone groups is 1. The maximum atomic E-state index is 12.0. The minimum Gasteiger partial charge on any atom is -0.372 e. The normalized spacial score (nSPS) is 10.7. The average Bonchev–Trinajstić information content (AvgIpc) is 2.67. The molecule has 0 aromatic heterocycles. The molecule has 2 aromatic carbocycles. The van der Waals surface area contributed by atoms with E-state index in [2.05, 4.69) is 34.6 Å². The fourth-order valence-electron chi connectivity index (χ4n) is 2.50. The van der Waals surface area contributed by atoms with Gasteiger partial charge in [-0.1, -0.05) is 29.8 Å². The van der Waals surface area contributed by atoms with Gasteiger partial charge >= 0.3 is 11.8 Å². The molecule has 2 amide bonds. The average molecular weight is 387 g/mol. The molecule has 0 atom stereocenters. The second-order valence-electron chi connectivity index (χ2n) is 5.83. The molecule has 0 radical (unpaired) electrons. The largest absolute Gasteiger partial charge is 0.372 e. The van der Waals surface area contributed by atoms with E-state index in [1.54, 1.807) is 25.1 Å². The molecule has 2 N–H and O–H groups in total. The fourth-order valence-corrected chi connectivity index (χ4v) is 2.67. The van der Waals surface area contributed by atoms with E-state index in [1.807, 2.05) is 24.3 Å². The van der Waals surface area contributed by atoms with Crippen LogP contribution in [0.4, 0.5) is 11.4 Å².